The smallest absolute Gasteiger partial charge is 0.122 e. The van der Waals surface area contributed by atoms with Gasteiger partial charge in [-0.1, -0.05) is 25.1 Å². The number of thiazole rings is 1. The zero-order valence-electron chi connectivity index (χ0n) is 11.7. The standard InChI is InChI=1S/C16H20N2OS/c1-2-18-14(16-10-17-11-20-16)9-12-7-8-19-15-6-4-3-5-13(12)15/h3-6,10-12,14,18H,2,7-9H2,1H3. The summed E-state index contributed by atoms with van der Waals surface area (Å²) in [5.74, 6) is 1.62. The molecule has 0 saturated carbocycles. The van der Waals surface area contributed by atoms with Crippen molar-refractivity contribution in [3.05, 3.63) is 46.4 Å². The highest BCUT2D eigenvalue weighted by molar-refractivity contribution is 7.09. The molecule has 1 aromatic heterocycles. The lowest BCUT2D eigenvalue weighted by Gasteiger charge is -2.29. The Balaban J connectivity index is 1.79. The molecule has 4 heteroatoms. The number of nitrogens with zero attached hydrogens (tertiary/aromatic N) is 1. The van der Waals surface area contributed by atoms with Crippen LogP contribution in [-0.2, 0) is 0 Å². The summed E-state index contributed by atoms with van der Waals surface area (Å²) in [4.78, 5) is 5.55. The van der Waals surface area contributed by atoms with Gasteiger partial charge in [0.05, 0.1) is 12.1 Å². The second kappa shape index (κ2) is 6.37. The minimum Gasteiger partial charge on any atom is -0.493 e. The van der Waals surface area contributed by atoms with Gasteiger partial charge in [0, 0.05) is 17.1 Å². The molecule has 2 unspecified atom stereocenters. The van der Waals surface area contributed by atoms with Crippen LogP contribution in [0.4, 0.5) is 0 Å². The Morgan fingerprint density at radius 2 is 2.35 bits per heavy atom. The van der Waals surface area contributed by atoms with Gasteiger partial charge in [0.25, 0.3) is 0 Å². The van der Waals surface area contributed by atoms with Crippen molar-refractivity contribution < 1.29 is 4.74 Å². The number of rotatable bonds is 5. The van der Waals surface area contributed by atoms with Crippen LogP contribution in [0.2, 0.25) is 0 Å². The Labute approximate surface area is 124 Å². The molecule has 1 aliphatic rings. The molecular weight excluding hydrogens is 268 g/mol. The lowest BCUT2D eigenvalue weighted by atomic mass is 9.87. The first kappa shape index (κ1) is 13.6. The molecule has 0 bridgehead atoms. The van der Waals surface area contributed by atoms with Crippen molar-refractivity contribution in [3.63, 3.8) is 0 Å². The monoisotopic (exact) mass is 288 g/mol. The number of hydrogen-bond acceptors (Lipinski definition) is 4. The van der Waals surface area contributed by atoms with E-state index in [0.717, 1.165) is 31.7 Å². The number of para-hydroxylation sites is 1. The third-order valence-corrected chi connectivity index (χ3v) is 4.74. The van der Waals surface area contributed by atoms with E-state index in [1.54, 1.807) is 11.3 Å². The minimum atomic E-state index is 0.392. The van der Waals surface area contributed by atoms with Crippen molar-refractivity contribution in [3.8, 4) is 5.75 Å². The third kappa shape index (κ3) is 2.86. The molecule has 1 aliphatic heterocycles. The van der Waals surface area contributed by atoms with Crippen LogP contribution in [-0.4, -0.2) is 18.1 Å². The fourth-order valence-electron chi connectivity index (χ4n) is 2.89. The molecule has 0 fully saturated rings. The van der Waals surface area contributed by atoms with Gasteiger partial charge in [0.1, 0.15) is 5.75 Å². The second-order valence-electron chi connectivity index (χ2n) is 5.12. The van der Waals surface area contributed by atoms with Gasteiger partial charge in [-0.05, 0) is 36.9 Å². The molecule has 20 heavy (non-hydrogen) atoms. The van der Waals surface area contributed by atoms with E-state index in [-0.39, 0.29) is 0 Å². The zero-order valence-corrected chi connectivity index (χ0v) is 12.5. The van der Waals surface area contributed by atoms with Crippen molar-refractivity contribution in [1.82, 2.24) is 10.3 Å². The number of ether oxygens (including phenoxy) is 1. The van der Waals surface area contributed by atoms with Crippen molar-refractivity contribution in [2.24, 2.45) is 0 Å². The van der Waals surface area contributed by atoms with E-state index in [9.17, 15) is 0 Å². The highest BCUT2D eigenvalue weighted by Crippen LogP contribution is 2.39. The first-order valence-electron chi connectivity index (χ1n) is 7.22. The largest absolute Gasteiger partial charge is 0.493 e. The quantitative estimate of drug-likeness (QED) is 0.910. The average Bonchev–Trinajstić information content (AvgIpc) is 3.01. The van der Waals surface area contributed by atoms with Gasteiger partial charge < -0.3 is 10.1 Å². The molecule has 2 heterocycles. The van der Waals surface area contributed by atoms with Gasteiger partial charge in [0.15, 0.2) is 0 Å². The van der Waals surface area contributed by atoms with E-state index in [4.69, 9.17) is 4.74 Å². The van der Waals surface area contributed by atoms with Crippen molar-refractivity contribution in [2.75, 3.05) is 13.2 Å². The third-order valence-electron chi connectivity index (χ3n) is 3.85. The maximum atomic E-state index is 5.76. The van der Waals surface area contributed by atoms with Gasteiger partial charge in [0.2, 0.25) is 0 Å². The van der Waals surface area contributed by atoms with Gasteiger partial charge in [-0.2, -0.15) is 0 Å². The number of fused-ring (bicyclic) bond motifs is 1. The average molecular weight is 288 g/mol. The van der Waals surface area contributed by atoms with E-state index >= 15 is 0 Å². The first-order valence-corrected chi connectivity index (χ1v) is 8.10. The van der Waals surface area contributed by atoms with Crippen LogP contribution in [0.5, 0.6) is 5.75 Å². The van der Waals surface area contributed by atoms with Gasteiger partial charge in [-0.25, -0.2) is 0 Å². The van der Waals surface area contributed by atoms with Crippen LogP contribution in [0.1, 0.15) is 42.2 Å². The highest BCUT2D eigenvalue weighted by Gasteiger charge is 2.25. The Morgan fingerprint density at radius 3 is 3.15 bits per heavy atom. The van der Waals surface area contributed by atoms with Crippen LogP contribution >= 0.6 is 11.3 Å². The molecule has 106 valence electrons. The molecule has 1 N–H and O–H groups in total. The van der Waals surface area contributed by atoms with E-state index in [1.807, 2.05) is 17.8 Å². The van der Waals surface area contributed by atoms with E-state index in [2.05, 4.69) is 35.4 Å². The molecule has 3 nitrogen and oxygen atoms in total. The second-order valence-corrected chi connectivity index (χ2v) is 6.04. The predicted molar refractivity (Wildman–Crippen MR) is 82.4 cm³/mol. The topological polar surface area (TPSA) is 34.1 Å². The number of hydrogen-bond donors (Lipinski definition) is 1. The minimum absolute atomic E-state index is 0.392. The molecule has 2 atom stereocenters. The van der Waals surface area contributed by atoms with Crippen LogP contribution in [0.3, 0.4) is 0 Å². The summed E-state index contributed by atoms with van der Waals surface area (Å²) in [6, 6.07) is 8.83. The van der Waals surface area contributed by atoms with Gasteiger partial charge >= 0.3 is 0 Å². The fourth-order valence-corrected chi connectivity index (χ4v) is 3.60. The van der Waals surface area contributed by atoms with Crippen LogP contribution in [0.25, 0.3) is 0 Å². The summed E-state index contributed by atoms with van der Waals surface area (Å²) >= 11 is 1.74. The molecule has 2 aromatic rings. The van der Waals surface area contributed by atoms with Crippen molar-refractivity contribution in [1.29, 1.82) is 0 Å². The molecule has 1 aromatic carbocycles. The van der Waals surface area contributed by atoms with Gasteiger partial charge in [-0.15, -0.1) is 11.3 Å². The molecule has 0 spiro atoms. The van der Waals surface area contributed by atoms with E-state index < -0.39 is 0 Å². The zero-order chi connectivity index (χ0) is 13.8. The summed E-state index contributed by atoms with van der Waals surface area (Å²) in [7, 11) is 0. The SMILES string of the molecule is CCNC(CC1CCOc2ccccc21)c1cncs1. The summed E-state index contributed by atoms with van der Waals surface area (Å²) in [6.45, 7) is 3.96. The summed E-state index contributed by atoms with van der Waals surface area (Å²) in [5.41, 5.74) is 3.27. The normalized spacial score (nSPS) is 19.1. The Bertz CT molecular complexity index is 541. The first-order chi connectivity index (χ1) is 9.88. The Hall–Kier alpha value is -1.39. The maximum absolute atomic E-state index is 5.76. The lowest BCUT2D eigenvalue weighted by molar-refractivity contribution is 0.256. The Kier molecular flexibility index (Phi) is 4.33. The molecule has 3 rings (SSSR count). The number of benzene rings is 1. The molecule has 0 aliphatic carbocycles. The Morgan fingerprint density at radius 1 is 1.45 bits per heavy atom. The number of aromatic nitrogens is 1. The van der Waals surface area contributed by atoms with Crippen molar-refractivity contribution >= 4 is 11.3 Å². The predicted octanol–water partition coefficient (Wildman–Crippen LogP) is 3.75. The maximum Gasteiger partial charge on any atom is 0.122 e. The van der Waals surface area contributed by atoms with Gasteiger partial charge in [-0.3, -0.25) is 4.98 Å². The summed E-state index contributed by atoms with van der Waals surface area (Å²) in [6.07, 6.45) is 4.19. The molecular formula is C16H20N2OS. The van der Waals surface area contributed by atoms with Crippen LogP contribution in [0, 0.1) is 0 Å². The molecule has 0 radical (unpaired) electrons. The summed E-state index contributed by atoms with van der Waals surface area (Å²) < 4.78 is 5.76. The molecule has 0 saturated heterocycles. The molecule has 0 amide bonds. The van der Waals surface area contributed by atoms with Crippen molar-refractivity contribution in [2.45, 2.75) is 31.7 Å². The van der Waals surface area contributed by atoms with E-state index in [0.29, 0.717) is 12.0 Å². The summed E-state index contributed by atoms with van der Waals surface area (Å²) in [5, 5.41) is 3.59. The lowest BCUT2D eigenvalue weighted by Crippen LogP contribution is -2.24. The highest BCUT2D eigenvalue weighted by atomic mass is 32.1. The fraction of sp³-hybridized carbons (Fsp3) is 0.438. The van der Waals surface area contributed by atoms with Crippen LogP contribution < -0.4 is 10.1 Å². The van der Waals surface area contributed by atoms with E-state index in [1.165, 1.54) is 10.4 Å². The number of nitrogens with one attached hydrogen (secondary N) is 1. The van der Waals surface area contributed by atoms with Crippen LogP contribution in [0.15, 0.2) is 36.0 Å².